The van der Waals surface area contributed by atoms with Crippen LogP contribution >= 0.6 is 0 Å². The molecule has 36 heavy (non-hydrogen) atoms. The second-order valence-electron chi connectivity index (χ2n) is 9.01. The Labute approximate surface area is 210 Å². The second-order valence-corrected chi connectivity index (χ2v) is 9.01. The summed E-state index contributed by atoms with van der Waals surface area (Å²) >= 11 is 0. The lowest BCUT2D eigenvalue weighted by Crippen LogP contribution is -2.44. The van der Waals surface area contributed by atoms with Gasteiger partial charge in [0.25, 0.3) is 11.8 Å². The van der Waals surface area contributed by atoms with Gasteiger partial charge in [0.1, 0.15) is 11.8 Å². The number of amides is 3. The van der Waals surface area contributed by atoms with Gasteiger partial charge in [-0.25, -0.2) is 0 Å². The van der Waals surface area contributed by atoms with Crippen molar-refractivity contribution in [3.63, 3.8) is 0 Å². The Balaban J connectivity index is 1.38. The van der Waals surface area contributed by atoms with E-state index in [0.717, 1.165) is 23.3 Å². The van der Waals surface area contributed by atoms with Gasteiger partial charge >= 0.3 is 0 Å². The summed E-state index contributed by atoms with van der Waals surface area (Å²) in [7, 11) is 0. The highest BCUT2D eigenvalue weighted by atomic mass is 16.5. The van der Waals surface area contributed by atoms with Crippen LogP contribution in [0.15, 0.2) is 72.8 Å². The highest BCUT2D eigenvalue weighted by molar-refractivity contribution is 6.11. The maximum Gasteiger partial charge on any atom is 0.256 e. The van der Waals surface area contributed by atoms with E-state index in [0.29, 0.717) is 42.9 Å². The Hall–Kier alpha value is -4.13. The average Bonchev–Trinajstić information content (AvgIpc) is 3.38. The van der Waals surface area contributed by atoms with Gasteiger partial charge in [0, 0.05) is 18.7 Å². The number of para-hydroxylation sites is 1. The molecular formula is C29H29N3O4. The van der Waals surface area contributed by atoms with E-state index in [1.807, 2.05) is 67.6 Å². The van der Waals surface area contributed by atoms with E-state index in [9.17, 15) is 14.4 Å². The van der Waals surface area contributed by atoms with Gasteiger partial charge in [-0.3, -0.25) is 14.4 Å². The summed E-state index contributed by atoms with van der Waals surface area (Å²) in [4.78, 5) is 43.4. The van der Waals surface area contributed by atoms with E-state index in [4.69, 9.17) is 4.74 Å². The van der Waals surface area contributed by atoms with Crippen molar-refractivity contribution in [1.29, 1.82) is 0 Å². The van der Waals surface area contributed by atoms with Gasteiger partial charge in [-0.2, -0.15) is 0 Å². The molecule has 1 fully saturated rings. The minimum atomic E-state index is -0.467. The topological polar surface area (TPSA) is 79.0 Å². The van der Waals surface area contributed by atoms with Gasteiger partial charge in [0.15, 0.2) is 0 Å². The van der Waals surface area contributed by atoms with E-state index in [1.165, 1.54) is 0 Å². The number of rotatable bonds is 7. The summed E-state index contributed by atoms with van der Waals surface area (Å²) in [5.41, 5.74) is 3.30. The molecule has 2 heterocycles. The largest absolute Gasteiger partial charge is 0.494 e. The number of hydrogen-bond donors (Lipinski definition) is 1. The summed E-state index contributed by atoms with van der Waals surface area (Å²) in [5, 5.41) is 2.99. The molecule has 0 radical (unpaired) electrons. The van der Waals surface area contributed by atoms with E-state index in [-0.39, 0.29) is 24.3 Å². The zero-order chi connectivity index (χ0) is 25.1. The molecule has 2 aliphatic heterocycles. The number of ether oxygens (including phenoxy) is 1. The number of carbonyl (C=O) groups is 3. The Morgan fingerprint density at radius 2 is 1.75 bits per heavy atom. The number of anilines is 1. The molecule has 0 aromatic heterocycles. The summed E-state index contributed by atoms with van der Waals surface area (Å²) in [6, 6.07) is 21.7. The Bertz CT molecular complexity index is 1290. The van der Waals surface area contributed by atoms with Crippen LogP contribution in [0.5, 0.6) is 5.75 Å². The molecule has 3 amide bonds. The second kappa shape index (κ2) is 10.2. The molecule has 0 spiro atoms. The quantitative estimate of drug-likeness (QED) is 0.547. The van der Waals surface area contributed by atoms with Crippen molar-refractivity contribution in [1.82, 2.24) is 10.2 Å². The van der Waals surface area contributed by atoms with Crippen molar-refractivity contribution in [2.24, 2.45) is 0 Å². The molecule has 5 rings (SSSR count). The van der Waals surface area contributed by atoms with Crippen LogP contribution in [0.25, 0.3) is 0 Å². The van der Waals surface area contributed by atoms with E-state index in [1.54, 1.807) is 21.9 Å². The van der Waals surface area contributed by atoms with Crippen molar-refractivity contribution in [2.45, 2.75) is 38.9 Å². The van der Waals surface area contributed by atoms with Crippen LogP contribution in [0.2, 0.25) is 0 Å². The number of nitrogens with zero attached hydrogens (tertiary/aromatic N) is 2. The number of benzene rings is 3. The molecule has 0 unspecified atom stereocenters. The van der Waals surface area contributed by atoms with Crippen LogP contribution in [0.3, 0.4) is 0 Å². The van der Waals surface area contributed by atoms with Crippen LogP contribution < -0.4 is 15.0 Å². The van der Waals surface area contributed by atoms with Crippen molar-refractivity contribution in [3.05, 3.63) is 95.1 Å². The molecule has 3 aromatic carbocycles. The van der Waals surface area contributed by atoms with Crippen LogP contribution in [0.4, 0.5) is 5.69 Å². The first-order valence-electron chi connectivity index (χ1n) is 12.4. The van der Waals surface area contributed by atoms with Crippen molar-refractivity contribution < 1.29 is 19.1 Å². The molecular weight excluding hydrogens is 454 g/mol. The van der Waals surface area contributed by atoms with Gasteiger partial charge in [-0.05, 0) is 61.2 Å². The van der Waals surface area contributed by atoms with Gasteiger partial charge in [0.2, 0.25) is 5.91 Å². The minimum Gasteiger partial charge on any atom is -0.494 e. The molecule has 1 N–H and O–H groups in total. The van der Waals surface area contributed by atoms with E-state index >= 15 is 0 Å². The molecule has 2 aliphatic rings. The lowest BCUT2D eigenvalue weighted by Gasteiger charge is -2.26. The first-order valence-corrected chi connectivity index (χ1v) is 12.4. The van der Waals surface area contributed by atoms with Crippen molar-refractivity contribution in [2.75, 3.05) is 18.1 Å². The Kier molecular flexibility index (Phi) is 6.71. The summed E-state index contributed by atoms with van der Waals surface area (Å²) in [5.74, 6) is 0.369. The van der Waals surface area contributed by atoms with Crippen molar-refractivity contribution in [3.8, 4) is 5.75 Å². The fraction of sp³-hybridized carbons (Fsp3) is 0.276. The SMILES string of the molecule is CCOc1ccc(CNC(=O)c2ccccc2CN2C(=O)[C@@H]3CCCN3C(=O)c3ccccc32)cc1. The molecule has 3 aromatic rings. The number of fused-ring (bicyclic) bond motifs is 2. The van der Waals surface area contributed by atoms with Gasteiger partial charge < -0.3 is 19.9 Å². The van der Waals surface area contributed by atoms with Crippen molar-refractivity contribution >= 4 is 23.4 Å². The first-order chi connectivity index (χ1) is 17.6. The summed E-state index contributed by atoms with van der Waals surface area (Å²) in [6.45, 7) is 3.70. The molecule has 1 saturated heterocycles. The normalized spacial score (nSPS) is 16.9. The van der Waals surface area contributed by atoms with E-state index < -0.39 is 6.04 Å². The zero-order valence-electron chi connectivity index (χ0n) is 20.3. The third kappa shape index (κ3) is 4.56. The summed E-state index contributed by atoms with van der Waals surface area (Å²) < 4.78 is 5.48. The lowest BCUT2D eigenvalue weighted by molar-refractivity contribution is -0.122. The molecule has 0 saturated carbocycles. The van der Waals surface area contributed by atoms with Crippen LogP contribution in [0.1, 0.15) is 51.6 Å². The fourth-order valence-electron chi connectivity index (χ4n) is 4.97. The fourth-order valence-corrected chi connectivity index (χ4v) is 4.97. The standard InChI is InChI=1S/C29H29N3O4/c1-2-36-22-15-13-20(14-16-22)18-30-27(33)23-9-4-3-8-21(23)19-32-25-11-6-5-10-24(25)28(34)31-17-7-12-26(31)29(32)35/h3-6,8-11,13-16,26H,2,7,12,17-19H2,1H3,(H,30,33)/t26-/m0/s1. The smallest absolute Gasteiger partial charge is 0.256 e. The molecule has 7 nitrogen and oxygen atoms in total. The molecule has 184 valence electrons. The number of carbonyl (C=O) groups excluding carboxylic acids is 3. The van der Waals surface area contributed by atoms with Crippen LogP contribution in [-0.2, 0) is 17.9 Å². The lowest BCUT2D eigenvalue weighted by atomic mass is 10.0. The molecule has 1 atom stereocenters. The number of nitrogens with one attached hydrogen (secondary N) is 1. The Morgan fingerprint density at radius 3 is 2.56 bits per heavy atom. The zero-order valence-corrected chi connectivity index (χ0v) is 20.3. The molecule has 0 aliphatic carbocycles. The van der Waals surface area contributed by atoms with Gasteiger partial charge in [0.05, 0.1) is 24.4 Å². The predicted octanol–water partition coefficient (Wildman–Crippen LogP) is 4.17. The third-order valence-electron chi connectivity index (χ3n) is 6.77. The van der Waals surface area contributed by atoms with E-state index in [2.05, 4.69) is 5.32 Å². The van der Waals surface area contributed by atoms with Crippen LogP contribution in [-0.4, -0.2) is 41.8 Å². The monoisotopic (exact) mass is 483 g/mol. The van der Waals surface area contributed by atoms with Crippen LogP contribution in [0, 0.1) is 0 Å². The molecule has 0 bridgehead atoms. The Morgan fingerprint density at radius 1 is 1.00 bits per heavy atom. The third-order valence-corrected chi connectivity index (χ3v) is 6.77. The average molecular weight is 484 g/mol. The minimum absolute atomic E-state index is 0.101. The summed E-state index contributed by atoms with van der Waals surface area (Å²) in [6.07, 6.45) is 1.46. The molecule has 7 heteroatoms. The maximum atomic E-state index is 13.6. The maximum absolute atomic E-state index is 13.6. The highest BCUT2D eigenvalue weighted by Gasteiger charge is 2.42. The predicted molar refractivity (Wildman–Crippen MR) is 137 cm³/mol. The highest BCUT2D eigenvalue weighted by Crippen LogP contribution is 2.33. The first kappa shape index (κ1) is 23.6. The van der Waals surface area contributed by atoms with Gasteiger partial charge in [-0.15, -0.1) is 0 Å². The number of hydrogen-bond acceptors (Lipinski definition) is 4. The van der Waals surface area contributed by atoms with Gasteiger partial charge in [-0.1, -0.05) is 42.5 Å².